The summed E-state index contributed by atoms with van der Waals surface area (Å²) in [6.45, 7) is 6.48. The van der Waals surface area contributed by atoms with Crippen LogP contribution in [0.4, 0.5) is 0 Å². The van der Waals surface area contributed by atoms with Crippen LogP contribution >= 0.6 is 0 Å². The van der Waals surface area contributed by atoms with Crippen LogP contribution in [0.25, 0.3) is 0 Å². The topological polar surface area (TPSA) is 21.3 Å². The average Bonchev–Trinajstić information content (AvgIpc) is 2.31. The van der Waals surface area contributed by atoms with Crippen molar-refractivity contribution in [3.63, 3.8) is 0 Å². The van der Waals surface area contributed by atoms with Crippen molar-refractivity contribution in [1.29, 1.82) is 0 Å². The molecule has 0 amide bonds. The Labute approximate surface area is 108 Å². The molecule has 0 bridgehead atoms. The highest BCUT2D eigenvalue weighted by atomic mass is 16.5. The predicted octanol–water partition coefficient (Wildman–Crippen LogP) is 3.89. The van der Waals surface area contributed by atoms with Crippen LogP contribution in [0.5, 0.6) is 0 Å². The Morgan fingerprint density at radius 3 is 2.47 bits per heavy atom. The zero-order chi connectivity index (χ0) is 12.3. The number of hydrogen-bond acceptors (Lipinski definition) is 2. The van der Waals surface area contributed by atoms with E-state index in [1.807, 2.05) is 0 Å². The molecule has 0 heterocycles. The van der Waals surface area contributed by atoms with Crippen molar-refractivity contribution in [3.8, 4) is 0 Å². The molecule has 2 unspecified atom stereocenters. The molecule has 1 N–H and O–H groups in total. The van der Waals surface area contributed by atoms with Crippen molar-refractivity contribution in [2.24, 2.45) is 0 Å². The molecule has 0 radical (unpaired) electrons. The second kappa shape index (κ2) is 9.90. The zero-order valence-corrected chi connectivity index (χ0v) is 11.8. The van der Waals surface area contributed by atoms with Crippen LogP contribution in [0.1, 0.15) is 71.6 Å². The number of likely N-dealkylation sites (N-methyl/N-ethyl adjacent to an activating group) is 1. The summed E-state index contributed by atoms with van der Waals surface area (Å²) in [6, 6.07) is 0.599. The van der Waals surface area contributed by atoms with E-state index < -0.39 is 0 Å². The van der Waals surface area contributed by atoms with Crippen LogP contribution in [0.3, 0.4) is 0 Å². The van der Waals surface area contributed by atoms with Crippen LogP contribution in [-0.4, -0.2) is 25.3 Å². The van der Waals surface area contributed by atoms with Crippen molar-refractivity contribution in [2.75, 3.05) is 13.2 Å². The number of rotatable bonds is 7. The highest BCUT2D eigenvalue weighted by molar-refractivity contribution is 4.79. The molecule has 2 nitrogen and oxygen atoms in total. The van der Waals surface area contributed by atoms with Crippen LogP contribution in [0.15, 0.2) is 0 Å². The Bertz CT molecular complexity index is 172. The van der Waals surface area contributed by atoms with E-state index in [1.165, 1.54) is 57.8 Å². The molecular weight excluding hydrogens is 210 g/mol. The normalized spacial score (nSPS) is 26.5. The molecule has 17 heavy (non-hydrogen) atoms. The van der Waals surface area contributed by atoms with E-state index in [2.05, 4.69) is 19.2 Å². The van der Waals surface area contributed by atoms with Crippen LogP contribution < -0.4 is 5.32 Å². The summed E-state index contributed by atoms with van der Waals surface area (Å²) in [6.07, 6.45) is 12.3. The van der Waals surface area contributed by atoms with E-state index in [0.29, 0.717) is 12.1 Å². The Kier molecular flexibility index (Phi) is 8.72. The standard InChI is InChI=1S/C15H31NO/c1-3-5-10-13-17-15-12-9-7-6-8-11-14(15)16-4-2/h14-16H,3-13H2,1-2H3. The lowest BCUT2D eigenvalue weighted by Gasteiger charge is -2.30. The van der Waals surface area contributed by atoms with E-state index in [4.69, 9.17) is 4.74 Å². The van der Waals surface area contributed by atoms with E-state index in [-0.39, 0.29) is 0 Å². The Morgan fingerprint density at radius 2 is 1.76 bits per heavy atom. The van der Waals surface area contributed by atoms with Gasteiger partial charge in [0.2, 0.25) is 0 Å². The second-order valence-electron chi connectivity index (χ2n) is 5.27. The van der Waals surface area contributed by atoms with Crippen LogP contribution in [0.2, 0.25) is 0 Å². The molecule has 2 atom stereocenters. The summed E-state index contributed by atoms with van der Waals surface area (Å²) in [5, 5.41) is 3.62. The van der Waals surface area contributed by atoms with Crippen molar-refractivity contribution in [1.82, 2.24) is 5.32 Å². The monoisotopic (exact) mass is 241 g/mol. The average molecular weight is 241 g/mol. The minimum Gasteiger partial charge on any atom is -0.377 e. The van der Waals surface area contributed by atoms with Gasteiger partial charge in [0.1, 0.15) is 0 Å². The lowest BCUT2D eigenvalue weighted by molar-refractivity contribution is 0.0120. The van der Waals surface area contributed by atoms with E-state index in [0.717, 1.165) is 13.2 Å². The summed E-state index contributed by atoms with van der Waals surface area (Å²) in [4.78, 5) is 0. The van der Waals surface area contributed by atoms with Gasteiger partial charge in [-0.3, -0.25) is 0 Å². The quantitative estimate of drug-likeness (QED) is 0.683. The highest BCUT2D eigenvalue weighted by Gasteiger charge is 2.22. The SMILES string of the molecule is CCCCCOC1CCCCCCC1NCC. The first-order valence-corrected chi connectivity index (χ1v) is 7.73. The molecule has 1 saturated carbocycles. The van der Waals surface area contributed by atoms with Gasteiger partial charge in [-0.15, -0.1) is 0 Å². The van der Waals surface area contributed by atoms with E-state index >= 15 is 0 Å². The molecule has 0 saturated heterocycles. The molecule has 0 aromatic heterocycles. The van der Waals surface area contributed by atoms with Gasteiger partial charge in [-0.05, 0) is 25.8 Å². The number of unbranched alkanes of at least 4 members (excludes halogenated alkanes) is 2. The van der Waals surface area contributed by atoms with Gasteiger partial charge in [0.15, 0.2) is 0 Å². The van der Waals surface area contributed by atoms with Gasteiger partial charge in [0.05, 0.1) is 6.10 Å². The largest absolute Gasteiger partial charge is 0.377 e. The van der Waals surface area contributed by atoms with Crippen LogP contribution in [-0.2, 0) is 4.74 Å². The second-order valence-corrected chi connectivity index (χ2v) is 5.27. The smallest absolute Gasteiger partial charge is 0.0728 e. The summed E-state index contributed by atoms with van der Waals surface area (Å²) in [5.74, 6) is 0. The summed E-state index contributed by atoms with van der Waals surface area (Å²) < 4.78 is 6.12. The first-order chi connectivity index (χ1) is 8.38. The fourth-order valence-corrected chi connectivity index (χ4v) is 2.73. The first kappa shape index (κ1) is 15.0. The van der Waals surface area contributed by atoms with Crippen molar-refractivity contribution >= 4 is 0 Å². The fourth-order valence-electron chi connectivity index (χ4n) is 2.73. The summed E-state index contributed by atoms with van der Waals surface area (Å²) in [5.41, 5.74) is 0. The first-order valence-electron chi connectivity index (χ1n) is 7.73. The fraction of sp³-hybridized carbons (Fsp3) is 1.00. The lowest BCUT2D eigenvalue weighted by atomic mass is 9.94. The Hall–Kier alpha value is -0.0800. The third-order valence-electron chi connectivity index (χ3n) is 3.75. The summed E-state index contributed by atoms with van der Waals surface area (Å²) >= 11 is 0. The van der Waals surface area contributed by atoms with Gasteiger partial charge in [-0.25, -0.2) is 0 Å². The third-order valence-corrected chi connectivity index (χ3v) is 3.75. The molecule has 0 aliphatic heterocycles. The molecular formula is C15H31NO. The number of hydrogen-bond donors (Lipinski definition) is 1. The van der Waals surface area contributed by atoms with Crippen LogP contribution in [0, 0.1) is 0 Å². The minimum absolute atomic E-state index is 0.465. The maximum Gasteiger partial charge on any atom is 0.0728 e. The molecule has 0 spiro atoms. The van der Waals surface area contributed by atoms with Crippen molar-refractivity contribution < 1.29 is 4.74 Å². The van der Waals surface area contributed by atoms with Gasteiger partial charge >= 0.3 is 0 Å². The number of nitrogens with one attached hydrogen (secondary N) is 1. The lowest BCUT2D eigenvalue weighted by Crippen LogP contribution is -2.42. The molecule has 1 fully saturated rings. The third kappa shape index (κ3) is 6.42. The molecule has 2 heteroatoms. The Balaban J connectivity index is 2.31. The molecule has 1 aliphatic carbocycles. The minimum atomic E-state index is 0.465. The molecule has 0 aromatic carbocycles. The van der Waals surface area contributed by atoms with E-state index in [9.17, 15) is 0 Å². The molecule has 1 rings (SSSR count). The van der Waals surface area contributed by atoms with Gasteiger partial charge in [-0.1, -0.05) is 52.4 Å². The molecule has 102 valence electrons. The van der Waals surface area contributed by atoms with Gasteiger partial charge in [0.25, 0.3) is 0 Å². The van der Waals surface area contributed by atoms with Crippen molar-refractivity contribution in [2.45, 2.75) is 83.8 Å². The Morgan fingerprint density at radius 1 is 1.00 bits per heavy atom. The van der Waals surface area contributed by atoms with Gasteiger partial charge in [-0.2, -0.15) is 0 Å². The predicted molar refractivity (Wildman–Crippen MR) is 74.4 cm³/mol. The molecule has 1 aliphatic rings. The zero-order valence-electron chi connectivity index (χ0n) is 11.8. The number of ether oxygens (including phenoxy) is 1. The molecule has 0 aromatic rings. The highest BCUT2D eigenvalue weighted by Crippen LogP contribution is 2.20. The maximum absolute atomic E-state index is 6.12. The van der Waals surface area contributed by atoms with Gasteiger partial charge in [0, 0.05) is 12.6 Å². The summed E-state index contributed by atoms with van der Waals surface area (Å²) in [7, 11) is 0. The van der Waals surface area contributed by atoms with Crippen molar-refractivity contribution in [3.05, 3.63) is 0 Å². The van der Waals surface area contributed by atoms with Gasteiger partial charge < -0.3 is 10.1 Å². The maximum atomic E-state index is 6.12. The van der Waals surface area contributed by atoms with E-state index in [1.54, 1.807) is 0 Å².